The number of anilines is 1. The highest BCUT2D eigenvalue weighted by Gasteiger charge is 2.28. The van der Waals surface area contributed by atoms with Crippen molar-refractivity contribution in [2.75, 3.05) is 56.3 Å². The van der Waals surface area contributed by atoms with Gasteiger partial charge < -0.3 is 4.74 Å². The van der Waals surface area contributed by atoms with Crippen molar-refractivity contribution in [3.8, 4) is 0 Å². The molecule has 2 heterocycles. The Hall–Kier alpha value is -2.38. The van der Waals surface area contributed by atoms with Crippen LogP contribution >= 0.6 is 11.3 Å². The zero-order chi connectivity index (χ0) is 25.2. The Morgan fingerprint density at radius 2 is 1.83 bits per heavy atom. The lowest BCUT2D eigenvalue weighted by Gasteiger charge is -2.29. The van der Waals surface area contributed by atoms with E-state index in [4.69, 9.17) is 4.74 Å². The van der Waals surface area contributed by atoms with Gasteiger partial charge in [-0.3, -0.25) is 14.6 Å². The van der Waals surface area contributed by atoms with Crippen molar-refractivity contribution in [2.45, 2.75) is 16.7 Å². The van der Waals surface area contributed by atoms with Gasteiger partial charge in [0.25, 0.3) is 5.91 Å². The van der Waals surface area contributed by atoms with Crippen LogP contribution in [0.2, 0.25) is 0 Å². The van der Waals surface area contributed by atoms with E-state index in [1.807, 2.05) is 0 Å². The monoisotopic (exact) mass is 537 g/mol. The number of carbonyl (C=O) groups excluding carboxylic acids is 1. The number of carbonyl (C=O) groups is 1. The van der Waals surface area contributed by atoms with Gasteiger partial charge in [-0.15, -0.1) is 0 Å². The molecule has 1 amide bonds. The van der Waals surface area contributed by atoms with Crippen LogP contribution in [0.5, 0.6) is 0 Å². The molecule has 1 aliphatic rings. The minimum atomic E-state index is -3.63. The summed E-state index contributed by atoms with van der Waals surface area (Å²) >= 11 is 1.20. The molecule has 12 heteroatoms. The maximum absolute atomic E-state index is 13.8. The third kappa shape index (κ3) is 5.72. The quantitative estimate of drug-likeness (QED) is 0.431. The normalized spacial score (nSPS) is 15.4. The van der Waals surface area contributed by atoms with Gasteiger partial charge in [0.1, 0.15) is 0 Å². The maximum atomic E-state index is 13.8. The lowest BCUT2D eigenvalue weighted by Crippen LogP contribution is -2.43. The molecule has 0 saturated carbocycles. The average Bonchev–Trinajstić information content (AvgIpc) is 3.27. The van der Waals surface area contributed by atoms with Gasteiger partial charge >= 0.3 is 0 Å². The van der Waals surface area contributed by atoms with E-state index < -0.39 is 25.6 Å². The van der Waals surface area contributed by atoms with Crippen molar-refractivity contribution in [3.63, 3.8) is 0 Å². The smallest absolute Gasteiger partial charge is 0.261 e. The van der Waals surface area contributed by atoms with Crippen molar-refractivity contribution in [1.82, 2.24) is 9.88 Å². The van der Waals surface area contributed by atoms with Crippen LogP contribution in [0.4, 0.5) is 5.13 Å². The molecule has 3 aromatic rings. The summed E-state index contributed by atoms with van der Waals surface area (Å²) in [6.45, 7) is 5.09. The second-order valence-corrected chi connectivity index (χ2v) is 13.5. The number of amides is 1. The number of fused-ring (bicyclic) bond motifs is 1. The zero-order valence-corrected chi connectivity index (χ0v) is 22.0. The Kier molecular flexibility index (Phi) is 7.57. The molecular formula is C23H27N3O6S3. The van der Waals surface area contributed by atoms with E-state index in [9.17, 15) is 21.6 Å². The van der Waals surface area contributed by atoms with Crippen molar-refractivity contribution in [2.24, 2.45) is 0 Å². The summed E-state index contributed by atoms with van der Waals surface area (Å²) in [5.41, 5.74) is 0.656. The SMILES string of the molecule is CCS(=O)(=O)c1ccccc1C(=O)N(CCN1CCOCC1)c1nc2ccc(S(C)(=O)=O)cc2s1. The molecule has 1 aromatic heterocycles. The van der Waals surface area contributed by atoms with Crippen LogP contribution in [0.3, 0.4) is 0 Å². The van der Waals surface area contributed by atoms with Crippen LogP contribution in [-0.2, 0) is 24.4 Å². The minimum Gasteiger partial charge on any atom is -0.379 e. The Morgan fingerprint density at radius 3 is 2.51 bits per heavy atom. The molecule has 9 nitrogen and oxygen atoms in total. The zero-order valence-electron chi connectivity index (χ0n) is 19.5. The van der Waals surface area contributed by atoms with Crippen LogP contribution in [0.25, 0.3) is 10.2 Å². The molecule has 2 aromatic carbocycles. The highest BCUT2D eigenvalue weighted by atomic mass is 32.2. The molecule has 0 atom stereocenters. The third-order valence-electron chi connectivity index (χ3n) is 5.83. The van der Waals surface area contributed by atoms with E-state index in [0.29, 0.717) is 35.1 Å². The van der Waals surface area contributed by atoms with E-state index in [-0.39, 0.29) is 27.7 Å². The standard InChI is InChI=1S/C23H27N3O6S3/c1-3-35(30,31)21-7-5-4-6-18(21)22(27)26(11-10-25-12-14-32-15-13-25)23-24-19-9-8-17(34(2,28)29)16-20(19)33-23/h4-9,16H,3,10-15H2,1-2H3. The van der Waals surface area contributed by atoms with Gasteiger partial charge in [0.15, 0.2) is 24.8 Å². The summed E-state index contributed by atoms with van der Waals surface area (Å²) in [6, 6.07) is 10.9. The van der Waals surface area contributed by atoms with Crippen LogP contribution in [0.15, 0.2) is 52.3 Å². The molecule has 35 heavy (non-hydrogen) atoms. The maximum Gasteiger partial charge on any atom is 0.261 e. The van der Waals surface area contributed by atoms with Gasteiger partial charge in [0, 0.05) is 32.4 Å². The minimum absolute atomic E-state index is 0.00986. The summed E-state index contributed by atoms with van der Waals surface area (Å²) in [5.74, 6) is -0.589. The highest BCUT2D eigenvalue weighted by Crippen LogP contribution is 2.32. The number of benzene rings is 2. The number of rotatable bonds is 8. The lowest BCUT2D eigenvalue weighted by molar-refractivity contribution is 0.0391. The van der Waals surface area contributed by atoms with E-state index in [2.05, 4.69) is 9.88 Å². The first-order valence-electron chi connectivity index (χ1n) is 11.1. The first-order valence-corrected chi connectivity index (χ1v) is 15.5. The van der Waals surface area contributed by atoms with Crippen molar-refractivity contribution in [1.29, 1.82) is 0 Å². The van der Waals surface area contributed by atoms with Gasteiger partial charge in [-0.25, -0.2) is 21.8 Å². The highest BCUT2D eigenvalue weighted by molar-refractivity contribution is 7.91. The fraction of sp³-hybridized carbons (Fsp3) is 0.391. The van der Waals surface area contributed by atoms with Crippen molar-refractivity contribution >= 4 is 52.3 Å². The Balaban J connectivity index is 1.75. The summed E-state index contributed by atoms with van der Waals surface area (Å²) in [7, 11) is -7.03. The van der Waals surface area contributed by atoms with Gasteiger partial charge in [0.05, 0.1) is 44.5 Å². The molecule has 0 N–H and O–H groups in total. The number of ether oxygens (including phenoxy) is 1. The van der Waals surface area contributed by atoms with E-state index >= 15 is 0 Å². The fourth-order valence-electron chi connectivity index (χ4n) is 3.80. The van der Waals surface area contributed by atoms with Crippen LogP contribution in [0.1, 0.15) is 17.3 Å². The molecule has 1 fully saturated rings. The summed E-state index contributed by atoms with van der Waals surface area (Å²) in [5, 5.41) is 0.382. The van der Waals surface area contributed by atoms with Crippen LogP contribution in [-0.4, -0.2) is 84.0 Å². The molecule has 0 aliphatic carbocycles. The molecule has 0 spiro atoms. The topological polar surface area (TPSA) is 114 Å². The third-order valence-corrected chi connectivity index (χ3v) is 9.77. The number of nitrogens with zero attached hydrogens (tertiary/aromatic N) is 3. The Bertz CT molecular complexity index is 1440. The largest absolute Gasteiger partial charge is 0.379 e. The summed E-state index contributed by atoms with van der Waals surface area (Å²) in [4.78, 5) is 22.2. The number of aromatic nitrogens is 1. The lowest BCUT2D eigenvalue weighted by atomic mass is 10.2. The number of sulfone groups is 2. The molecule has 1 saturated heterocycles. The number of hydrogen-bond donors (Lipinski definition) is 0. The number of morpholine rings is 1. The first kappa shape index (κ1) is 25.7. The van der Waals surface area contributed by atoms with Crippen molar-refractivity contribution in [3.05, 3.63) is 48.0 Å². The first-order chi connectivity index (χ1) is 16.6. The van der Waals surface area contributed by atoms with Gasteiger partial charge in [-0.1, -0.05) is 30.4 Å². The predicted octanol–water partition coefficient (Wildman–Crippen LogP) is 2.47. The second-order valence-electron chi connectivity index (χ2n) is 8.21. The van der Waals surface area contributed by atoms with E-state index in [1.165, 1.54) is 34.4 Å². The molecule has 1 aliphatic heterocycles. The average molecular weight is 538 g/mol. The van der Waals surface area contributed by atoms with Gasteiger partial charge in [-0.05, 0) is 30.3 Å². The number of hydrogen-bond acceptors (Lipinski definition) is 9. The van der Waals surface area contributed by atoms with E-state index in [0.717, 1.165) is 19.3 Å². The summed E-state index contributed by atoms with van der Waals surface area (Å²) in [6.07, 6.45) is 1.14. The summed E-state index contributed by atoms with van der Waals surface area (Å²) < 4.78 is 55.4. The predicted molar refractivity (Wildman–Crippen MR) is 136 cm³/mol. The Labute approximate surface area is 209 Å². The molecule has 0 radical (unpaired) electrons. The fourth-order valence-corrected chi connectivity index (χ4v) is 6.64. The molecular weight excluding hydrogens is 510 g/mol. The second kappa shape index (κ2) is 10.3. The van der Waals surface area contributed by atoms with E-state index in [1.54, 1.807) is 31.2 Å². The molecule has 4 rings (SSSR count). The van der Waals surface area contributed by atoms with Crippen LogP contribution < -0.4 is 4.90 Å². The van der Waals surface area contributed by atoms with Crippen LogP contribution in [0, 0.1) is 0 Å². The van der Waals surface area contributed by atoms with Gasteiger partial charge in [0.2, 0.25) is 0 Å². The van der Waals surface area contributed by atoms with Crippen molar-refractivity contribution < 1.29 is 26.4 Å². The molecule has 0 unspecified atom stereocenters. The Morgan fingerprint density at radius 1 is 1.11 bits per heavy atom. The van der Waals surface area contributed by atoms with Gasteiger partial charge in [-0.2, -0.15) is 0 Å². The number of thiazole rings is 1. The molecule has 0 bridgehead atoms. The molecule has 188 valence electrons.